The molecule has 6 N–H and O–H groups in total. The second-order valence-electron chi connectivity index (χ2n) is 9.03. The van der Waals surface area contributed by atoms with Gasteiger partial charge in [-0.3, -0.25) is 18.9 Å². The second-order valence-corrected chi connectivity index (χ2v) is 10.2. The Morgan fingerprint density at radius 2 is 1.82 bits per heavy atom. The van der Waals surface area contributed by atoms with Gasteiger partial charge in [0.05, 0.1) is 30.9 Å². The molecule has 1 heterocycles. The Hall–Kier alpha value is -3.22. The minimum absolute atomic E-state index is 0.127. The maximum absolute atomic E-state index is 13.1. The van der Waals surface area contributed by atoms with Crippen LogP contribution in [0.4, 0.5) is 0 Å². The van der Waals surface area contributed by atoms with Crippen molar-refractivity contribution in [2.75, 3.05) is 6.61 Å². The van der Waals surface area contributed by atoms with E-state index in [-0.39, 0.29) is 18.6 Å². The fraction of sp³-hybridized carbons (Fsp3) is 0.458. The van der Waals surface area contributed by atoms with Gasteiger partial charge in [0.1, 0.15) is 11.8 Å². The monoisotopic (exact) mass is 552 g/mol. The number of carbonyl (C=O) groups excluding carboxylic acids is 4. The Morgan fingerprint density at radius 1 is 1.16 bits per heavy atom. The number of amides is 2. The summed E-state index contributed by atoms with van der Waals surface area (Å²) in [5.41, 5.74) is 6.96. The fourth-order valence-corrected chi connectivity index (χ4v) is 4.54. The van der Waals surface area contributed by atoms with Crippen LogP contribution in [0.25, 0.3) is 0 Å². The molecule has 2 amide bonds. The first kappa shape index (κ1) is 31.0. The van der Waals surface area contributed by atoms with Crippen LogP contribution in [0.15, 0.2) is 42.9 Å². The van der Waals surface area contributed by atoms with Crippen molar-refractivity contribution in [3.63, 3.8) is 0 Å². The zero-order valence-corrected chi connectivity index (χ0v) is 22.0. The summed E-state index contributed by atoms with van der Waals surface area (Å²) < 4.78 is 17.4. The lowest BCUT2D eigenvalue weighted by molar-refractivity contribution is -0.135. The van der Waals surface area contributed by atoms with E-state index in [2.05, 4.69) is 14.8 Å². The Morgan fingerprint density at radius 3 is 2.37 bits per heavy atom. The fourth-order valence-electron chi connectivity index (χ4n) is 3.96. The highest BCUT2D eigenvalue weighted by molar-refractivity contribution is 7.46. The van der Waals surface area contributed by atoms with Gasteiger partial charge in [0.15, 0.2) is 5.78 Å². The summed E-state index contributed by atoms with van der Waals surface area (Å²) in [5, 5.41) is 12.2. The third-order valence-corrected chi connectivity index (χ3v) is 6.51. The lowest BCUT2D eigenvalue weighted by Gasteiger charge is -2.24. The van der Waals surface area contributed by atoms with Gasteiger partial charge in [-0.05, 0) is 19.4 Å². The van der Waals surface area contributed by atoms with Gasteiger partial charge >= 0.3 is 7.82 Å². The number of benzene rings is 1. The first-order valence-corrected chi connectivity index (χ1v) is 13.3. The van der Waals surface area contributed by atoms with Gasteiger partial charge in [0, 0.05) is 37.7 Å². The molecular weight excluding hydrogens is 519 g/mol. The highest BCUT2D eigenvalue weighted by Crippen LogP contribution is 2.39. The Kier molecular flexibility index (Phi) is 11.5. The van der Waals surface area contributed by atoms with Crippen molar-refractivity contribution < 1.29 is 43.2 Å². The molecule has 0 radical (unpaired) electrons. The number of phosphoric acid groups is 1. The van der Waals surface area contributed by atoms with Crippen molar-refractivity contribution in [2.45, 2.75) is 51.8 Å². The van der Waals surface area contributed by atoms with E-state index in [4.69, 9.17) is 15.5 Å². The molecule has 13 nitrogen and oxygen atoms in total. The van der Waals surface area contributed by atoms with E-state index in [9.17, 15) is 28.8 Å². The van der Waals surface area contributed by atoms with Crippen molar-refractivity contribution in [1.82, 2.24) is 14.9 Å². The summed E-state index contributed by atoms with van der Waals surface area (Å²) >= 11 is 0. The highest BCUT2D eigenvalue weighted by atomic mass is 31.2. The van der Waals surface area contributed by atoms with Crippen LogP contribution in [0.5, 0.6) is 0 Å². The predicted octanol–water partition coefficient (Wildman–Crippen LogP) is 0.105. The third-order valence-electron chi connectivity index (χ3n) is 5.90. The van der Waals surface area contributed by atoms with Gasteiger partial charge < -0.3 is 35.3 Å². The first-order chi connectivity index (χ1) is 17.8. The normalized spacial score (nSPS) is 14.8. The molecule has 1 aromatic heterocycles. The number of hydrogen-bond donors (Lipinski definition) is 5. The number of phosphoric ester groups is 1. The minimum atomic E-state index is -4.97. The standard InChI is InChI=1S/C24H33N4O9P/c1-15(30)8-18(9-19-11-26-14-28(19)12-17-6-4-3-5-7-17)24(33)27-21(13-29)22(31)10-20(23(25)32)16(2)37-38(34,35)36/h3-7,11,14,16,18,20-21,29H,8-10,12-13H2,1-2H3,(H2,25,32)(H,27,33)(H2,34,35,36)/t16-,18+,20+,21+/m1/s1. The number of aliphatic hydroxyl groups is 1. The molecule has 0 saturated heterocycles. The summed E-state index contributed by atoms with van der Waals surface area (Å²) in [7, 11) is -4.97. The van der Waals surface area contributed by atoms with Crippen LogP contribution >= 0.6 is 7.82 Å². The molecule has 0 spiro atoms. The maximum Gasteiger partial charge on any atom is 0.469 e. The van der Waals surface area contributed by atoms with Crippen LogP contribution in [0.3, 0.4) is 0 Å². The van der Waals surface area contributed by atoms with E-state index < -0.39 is 62.4 Å². The van der Waals surface area contributed by atoms with Gasteiger partial charge in [0.25, 0.3) is 0 Å². The van der Waals surface area contributed by atoms with E-state index in [1.54, 1.807) is 12.5 Å². The summed E-state index contributed by atoms with van der Waals surface area (Å²) in [6.45, 7) is 2.17. The van der Waals surface area contributed by atoms with Crippen molar-refractivity contribution in [2.24, 2.45) is 17.6 Å². The van der Waals surface area contributed by atoms with Crippen molar-refractivity contribution in [3.05, 3.63) is 54.1 Å². The van der Waals surface area contributed by atoms with Crippen molar-refractivity contribution in [3.8, 4) is 0 Å². The van der Waals surface area contributed by atoms with Crippen LogP contribution in [0.2, 0.25) is 0 Å². The molecule has 208 valence electrons. The molecular formula is C24H33N4O9P. The molecule has 14 heteroatoms. The molecule has 0 unspecified atom stereocenters. The van der Waals surface area contributed by atoms with Gasteiger partial charge in [0.2, 0.25) is 11.8 Å². The van der Waals surface area contributed by atoms with E-state index >= 15 is 0 Å². The Balaban J connectivity index is 2.14. The van der Waals surface area contributed by atoms with Crippen LogP contribution in [0, 0.1) is 11.8 Å². The lowest BCUT2D eigenvalue weighted by Crippen LogP contribution is -2.48. The SMILES string of the molecule is CC(=O)C[C@@H](Cc1cncn1Cc1ccccc1)C(=O)N[C@@H](CO)C(=O)C[C@H](C(N)=O)[C@@H](C)OP(=O)(O)O. The number of aromatic nitrogens is 2. The Bertz CT molecular complexity index is 1160. The quantitative estimate of drug-likeness (QED) is 0.177. The van der Waals surface area contributed by atoms with Gasteiger partial charge in [-0.1, -0.05) is 30.3 Å². The number of hydrogen-bond acceptors (Lipinski definition) is 8. The first-order valence-electron chi connectivity index (χ1n) is 11.8. The minimum Gasteiger partial charge on any atom is -0.394 e. The van der Waals surface area contributed by atoms with Gasteiger partial charge in [-0.2, -0.15) is 0 Å². The Labute approximate surface area is 219 Å². The number of rotatable bonds is 16. The van der Waals surface area contributed by atoms with Crippen molar-refractivity contribution >= 4 is 31.2 Å². The molecule has 0 bridgehead atoms. The van der Waals surface area contributed by atoms with Gasteiger partial charge in [-0.15, -0.1) is 0 Å². The number of aliphatic hydroxyl groups excluding tert-OH is 1. The molecule has 1 aromatic carbocycles. The molecule has 0 aliphatic rings. The topological polar surface area (TPSA) is 211 Å². The van der Waals surface area contributed by atoms with Crippen LogP contribution in [-0.4, -0.2) is 66.6 Å². The summed E-state index contributed by atoms with van der Waals surface area (Å²) in [6.07, 6.45) is 1.12. The second kappa shape index (κ2) is 14.1. The molecule has 2 aromatic rings. The number of imidazole rings is 1. The number of nitrogens with one attached hydrogen (secondary N) is 1. The lowest BCUT2D eigenvalue weighted by atomic mass is 9.92. The summed E-state index contributed by atoms with van der Waals surface area (Å²) in [5.74, 6) is -5.10. The zero-order valence-electron chi connectivity index (χ0n) is 21.1. The van der Waals surface area contributed by atoms with E-state index in [0.717, 1.165) is 12.5 Å². The average molecular weight is 553 g/mol. The van der Waals surface area contributed by atoms with Crippen molar-refractivity contribution in [1.29, 1.82) is 0 Å². The van der Waals surface area contributed by atoms with E-state index in [1.807, 2.05) is 34.9 Å². The molecule has 4 atom stereocenters. The highest BCUT2D eigenvalue weighted by Gasteiger charge is 2.34. The van der Waals surface area contributed by atoms with Crippen LogP contribution in [-0.2, 0) is 41.2 Å². The number of nitrogens with zero attached hydrogens (tertiary/aromatic N) is 2. The molecule has 0 fully saturated rings. The largest absolute Gasteiger partial charge is 0.469 e. The number of Topliss-reactive ketones (excluding diaryl/α,β-unsaturated/α-hetero) is 2. The van der Waals surface area contributed by atoms with Crippen LogP contribution < -0.4 is 11.1 Å². The zero-order chi connectivity index (χ0) is 28.5. The molecule has 38 heavy (non-hydrogen) atoms. The third kappa shape index (κ3) is 9.92. The smallest absolute Gasteiger partial charge is 0.394 e. The predicted molar refractivity (Wildman–Crippen MR) is 134 cm³/mol. The van der Waals surface area contributed by atoms with Gasteiger partial charge in [-0.25, -0.2) is 9.55 Å². The number of primary amides is 1. The average Bonchev–Trinajstić information content (AvgIpc) is 3.25. The summed E-state index contributed by atoms with van der Waals surface area (Å²) in [4.78, 5) is 71.8. The number of carbonyl (C=O) groups is 4. The maximum atomic E-state index is 13.1. The number of ketones is 2. The molecule has 2 rings (SSSR count). The van der Waals surface area contributed by atoms with Crippen LogP contribution in [0.1, 0.15) is 37.9 Å². The number of nitrogens with two attached hydrogens (primary N) is 1. The summed E-state index contributed by atoms with van der Waals surface area (Å²) in [6, 6.07) is 8.10. The van der Waals surface area contributed by atoms with E-state index in [1.165, 1.54) is 6.92 Å². The molecule has 0 saturated carbocycles. The molecule has 0 aliphatic heterocycles. The van der Waals surface area contributed by atoms with E-state index in [0.29, 0.717) is 12.2 Å². The molecule has 0 aliphatic carbocycles.